The fourth-order valence-corrected chi connectivity index (χ4v) is 4.86. The molecule has 3 rings (SSSR count). The van der Waals surface area contributed by atoms with Crippen LogP contribution in [0.15, 0.2) is 47.4 Å². The Hall–Kier alpha value is -3.69. The number of carbonyl (C=O) groups is 1. The van der Waals surface area contributed by atoms with E-state index in [1.807, 2.05) is 6.07 Å². The first-order valence-corrected chi connectivity index (χ1v) is 11.4. The van der Waals surface area contributed by atoms with Gasteiger partial charge in [-0.05, 0) is 37.3 Å². The average molecular weight is 474 g/mol. The molecule has 2 aromatic carbocycles. The second kappa shape index (κ2) is 9.85. The summed E-state index contributed by atoms with van der Waals surface area (Å²) >= 11 is 0. The summed E-state index contributed by atoms with van der Waals surface area (Å²) in [4.78, 5) is 24.6. The zero-order chi connectivity index (χ0) is 24.2. The fourth-order valence-electron chi connectivity index (χ4n) is 3.42. The van der Waals surface area contributed by atoms with E-state index in [1.54, 1.807) is 25.1 Å². The summed E-state index contributed by atoms with van der Waals surface area (Å²) < 4.78 is 37.7. The smallest absolute Gasteiger partial charge is 0.312 e. The topological polar surface area (TPSA) is 143 Å². The minimum Gasteiger partial charge on any atom is -0.490 e. The van der Waals surface area contributed by atoms with Crippen LogP contribution in [0, 0.1) is 21.4 Å². The number of piperazine rings is 1. The molecule has 0 aliphatic carbocycles. The molecule has 0 saturated carbocycles. The Kier molecular flexibility index (Phi) is 7.15. The highest BCUT2D eigenvalue weighted by atomic mass is 32.2. The normalized spacial score (nSPS) is 15.4. The Morgan fingerprint density at radius 3 is 2.48 bits per heavy atom. The SMILES string of the molecule is COc1ccc(S(=O)(=O)N2CCN(C(=O)C(C)Oc3cccc(C#N)c3)CC2)cc1[N+](=O)[O-]. The third-order valence-corrected chi connectivity index (χ3v) is 7.05. The van der Waals surface area contributed by atoms with Crippen LogP contribution in [0.3, 0.4) is 0 Å². The van der Waals surface area contributed by atoms with Crippen molar-refractivity contribution in [1.29, 1.82) is 5.26 Å². The molecule has 0 bridgehead atoms. The van der Waals surface area contributed by atoms with E-state index < -0.39 is 26.7 Å². The van der Waals surface area contributed by atoms with E-state index in [4.69, 9.17) is 14.7 Å². The van der Waals surface area contributed by atoms with Gasteiger partial charge in [0.25, 0.3) is 5.91 Å². The largest absolute Gasteiger partial charge is 0.490 e. The second-order valence-corrected chi connectivity index (χ2v) is 9.16. The molecule has 174 valence electrons. The molecule has 1 fully saturated rings. The molecule has 1 aliphatic heterocycles. The lowest BCUT2D eigenvalue weighted by atomic mass is 10.2. The lowest BCUT2D eigenvalue weighted by molar-refractivity contribution is -0.386. The molecule has 1 heterocycles. The molecule has 0 aromatic heterocycles. The first-order valence-electron chi connectivity index (χ1n) is 9.95. The molecule has 33 heavy (non-hydrogen) atoms. The van der Waals surface area contributed by atoms with E-state index in [2.05, 4.69) is 0 Å². The van der Waals surface area contributed by atoms with Gasteiger partial charge in [0, 0.05) is 32.2 Å². The highest BCUT2D eigenvalue weighted by Gasteiger charge is 2.33. The van der Waals surface area contributed by atoms with Crippen molar-refractivity contribution < 1.29 is 27.6 Å². The molecular weight excluding hydrogens is 452 g/mol. The molecule has 2 aromatic rings. The maximum atomic E-state index is 13.0. The lowest BCUT2D eigenvalue weighted by Crippen LogP contribution is -2.53. The second-order valence-electron chi connectivity index (χ2n) is 7.22. The van der Waals surface area contributed by atoms with Crippen LogP contribution in [-0.2, 0) is 14.8 Å². The van der Waals surface area contributed by atoms with Crippen LogP contribution in [0.1, 0.15) is 12.5 Å². The van der Waals surface area contributed by atoms with Gasteiger partial charge in [-0.2, -0.15) is 9.57 Å². The fraction of sp³-hybridized carbons (Fsp3) is 0.333. The number of nitro benzene ring substituents is 1. The van der Waals surface area contributed by atoms with E-state index in [-0.39, 0.29) is 42.7 Å². The zero-order valence-corrected chi connectivity index (χ0v) is 18.8. The first-order chi connectivity index (χ1) is 15.7. The van der Waals surface area contributed by atoms with Crippen molar-refractivity contribution in [1.82, 2.24) is 9.21 Å². The van der Waals surface area contributed by atoms with Gasteiger partial charge < -0.3 is 14.4 Å². The molecule has 1 unspecified atom stereocenters. The molecule has 0 radical (unpaired) electrons. The Labute approximate surface area is 190 Å². The van der Waals surface area contributed by atoms with Crippen LogP contribution in [0.5, 0.6) is 11.5 Å². The predicted molar refractivity (Wildman–Crippen MR) is 116 cm³/mol. The predicted octanol–water partition coefficient (Wildman–Crippen LogP) is 1.78. The monoisotopic (exact) mass is 474 g/mol. The molecule has 1 amide bonds. The van der Waals surface area contributed by atoms with Gasteiger partial charge in [-0.15, -0.1) is 0 Å². The van der Waals surface area contributed by atoms with E-state index in [1.165, 1.54) is 34.5 Å². The van der Waals surface area contributed by atoms with Gasteiger partial charge >= 0.3 is 5.69 Å². The quantitative estimate of drug-likeness (QED) is 0.436. The maximum Gasteiger partial charge on any atom is 0.312 e. The van der Waals surface area contributed by atoms with Crippen molar-refractivity contribution >= 4 is 21.6 Å². The van der Waals surface area contributed by atoms with Gasteiger partial charge in [0.2, 0.25) is 10.0 Å². The van der Waals surface area contributed by atoms with E-state index in [0.717, 1.165) is 6.07 Å². The molecule has 0 N–H and O–H groups in total. The van der Waals surface area contributed by atoms with Crippen molar-refractivity contribution in [2.24, 2.45) is 0 Å². The van der Waals surface area contributed by atoms with Gasteiger partial charge in [-0.25, -0.2) is 8.42 Å². The summed E-state index contributed by atoms with van der Waals surface area (Å²) in [6.07, 6.45) is -0.827. The number of methoxy groups -OCH3 is 1. The summed E-state index contributed by atoms with van der Waals surface area (Å²) in [5.74, 6) is 0.0374. The summed E-state index contributed by atoms with van der Waals surface area (Å²) in [5.41, 5.74) is -0.0384. The number of ether oxygens (including phenoxy) is 2. The van der Waals surface area contributed by atoms with Crippen LogP contribution in [0.2, 0.25) is 0 Å². The Morgan fingerprint density at radius 1 is 1.18 bits per heavy atom. The minimum atomic E-state index is -4.00. The van der Waals surface area contributed by atoms with Crippen molar-refractivity contribution in [3.63, 3.8) is 0 Å². The molecule has 1 aliphatic rings. The number of sulfonamides is 1. The highest BCUT2D eigenvalue weighted by Crippen LogP contribution is 2.30. The summed E-state index contributed by atoms with van der Waals surface area (Å²) in [7, 11) is -2.73. The third kappa shape index (κ3) is 5.21. The number of nitrogens with zero attached hydrogens (tertiary/aromatic N) is 4. The molecular formula is C21H22N4O7S. The molecule has 1 saturated heterocycles. The number of carbonyl (C=O) groups excluding carboxylic acids is 1. The number of amides is 1. The standard InChI is InChI=1S/C21H22N4O7S/c1-15(32-17-5-3-4-16(12-17)14-22)21(26)23-8-10-24(11-9-23)33(29,30)18-6-7-20(31-2)19(13-18)25(27)28/h3-7,12-13,15H,8-11H2,1-2H3. The van der Waals surface area contributed by atoms with Crippen molar-refractivity contribution in [2.75, 3.05) is 33.3 Å². The molecule has 0 spiro atoms. The van der Waals surface area contributed by atoms with Gasteiger partial charge in [0.05, 0.1) is 28.6 Å². The van der Waals surface area contributed by atoms with Crippen LogP contribution in [0.4, 0.5) is 5.69 Å². The maximum absolute atomic E-state index is 13.0. The van der Waals surface area contributed by atoms with E-state index in [0.29, 0.717) is 11.3 Å². The van der Waals surface area contributed by atoms with Gasteiger partial charge in [0.15, 0.2) is 11.9 Å². The zero-order valence-electron chi connectivity index (χ0n) is 18.0. The van der Waals surface area contributed by atoms with Gasteiger partial charge in [-0.1, -0.05) is 6.07 Å². The summed E-state index contributed by atoms with van der Waals surface area (Å²) in [5, 5.41) is 20.2. The highest BCUT2D eigenvalue weighted by molar-refractivity contribution is 7.89. The Bertz CT molecular complexity index is 1200. The summed E-state index contributed by atoms with van der Waals surface area (Å²) in [6, 6.07) is 11.9. The van der Waals surface area contributed by atoms with Crippen LogP contribution in [-0.4, -0.2) is 67.8 Å². The number of rotatable bonds is 7. The minimum absolute atomic E-state index is 0.0323. The third-order valence-electron chi connectivity index (χ3n) is 5.16. The number of hydrogen-bond acceptors (Lipinski definition) is 8. The van der Waals surface area contributed by atoms with Crippen molar-refractivity contribution in [3.05, 3.63) is 58.1 Å². The molecule has 12 heteroatoms. The summed E-state index contributed by atoms with van der Waals surface area (Å²) in [6.45, 7) is 1.93. The van der Waals surface area contributed by atoms with Crippen LogP contribution in [0.25, 0.3) is 0 Å². The molecule has 11 nitrogen and oxygen atoms in total. The number of nitro groups is 1. The van der Waals surface area contributed by atoms with Crippen LogP contribution >= 0.6 is 0 Å². The van der Waals surface area contributed by atoms with Crippen molar-refractivity contribution in [2.45, 2.75) is 17.9 Å². The number of nitriles is 1. The van der Waals surface area contributed by atoms with Crippen molar-refractivity contribution in [3.8, 4) is 17.6 Å². The Morgan fingerprint density at radius 2 is 1.88 bits per heavy atom. The van der Waals surface area contributed by atoms with E-state index >= 15 is 0 Å². The average Bonchev–Trinajstić information content (AvgIpc) is 2.83. The number of hydrogen-bond donors (Lipinski definition) is 0. The van der Waals surface area contributed by atoms with Gasteiger partial charge in [0.1, 0.15) is 5.75 Å². The lowest BCUT2D eigenvalue weighted by Gasteiger charge is -2.35. The van der Waals surface area contributed by atoms with Crippen LogP contribution < -0.4 is 9.47 Å². The first kappa shape index (κ1) is 24.0. The number of benzene rings is 2. The van der Waals surface area contributed by atoms with Gasteiger partial charge in [-0.3, -0.25) is 14.9 Å². The molecule has 1 atom stereocenters. The Balaban J connectivity index is 1.66. The van der Waals surface area contributed by atoms with E-state index in [9.17, 15) is 23.3 Å².